The lowest BCUT2D eigenvalue weighted by atomic mass is 10.2. The lowest BCUT2D eigenvalue weighted by Gasteiger charge is -2.35. The fourth-order valence-electron chi connectivity index (χ4n) is 3.40. The van der Waals surface area contributed by atoms with Crippen LogP contribution in [0.4, 0.5) is 8.78 Å². The molecule has 1 aromatic carbocycles. The van der Waals surface area contributed by atoms with Gasteiger partial charge in [-0.25, -0.2) is 13.8 Å². The van der Waals surface area contributed by atoms with Gasteiger partial charge < -0.3 is 9.64 Å². The summed E-state index contributed by atoms with van der Waals surface area (Å²) in [6.07, 6.45) is 1.01. The number of morpholine rings is 1. The van der Waals surface area contributed by atoms with E-state index in [9.17, 15) is 18.4 Å². The van der Waals surface area contributed by atoms with Crippen molar-refractivity contribution in [1.29, 1.82) is 0 Å². The van der Waals surface area contributed by atoms with Crippen LogP contribution in [0.2, 0.25) is 0 Å². The zero-order valence-electron chi connectivity index (χ0n) is 15.7. The van der Waals surface area contributed by atoms with Gasteiger partial charge in [-0.3, -0.25) is 14.2 Å². The number of carbonyl (C=O) groups excluding carboxylic acids is 1. The molecule has 11 heteroatoms. The van der Waals surface area contributed by atoms with Crippen LogP contribution in [0, 0.1) is 11.6 Å². The Morgan fingerprint density at radius 2 is 1.97 bits per heavy atom. The Morgan fingerprint density at radius 1 is 1.24 bits per heavy atom. The number of rotatable bonds is 3. The molecule has 0 bridgehead atoms. The van der Waals surface area contributed by atoms with Gasteiger partial charge in [0.25, 0.3) is 5.56 Å². The van der Waals surface area contributed by atoms with Gasteiger partial charge in [-0.05, 0) is 26.0 Å². The Bertz CT molecular complexity index is 1130. The first-order valence-electron chi connectivity index (χ1n) is 9.03. The molecule has 4 rings (SSSR count). The highest BCUT2D eigenvalue weighted by molar-refractivity contribution is 5.77. The summed E-state index contributed by atoms with van der Waals surface area (Å²) in [5.41, 5.74) is -0.775. The Morgan fingerprint density at radius 3 is 2.66 bits per heavy atom. The first kappa shape index (κ1) is 19.1. The maximum atomic E-state index is 14.1. The molecule has 0 unspecified atom stereocenters. The predicted molar refractivity (Wildman–Crippen MR) is 97.4 cm³/mol. The van der Waals surface area contributed by atoms with Crippen LogP contribution in [-0.4, -0.2) is 60.6 Å². The molecule has 1 amide bonds. The van der Waals surface area contributed by atoms with E-state index in [2.05, 4.69) is 15.3 Å². The minimum atomic E-state index is -0.867. The van der Waals surface area contributed by atoms with E-state index >= 15 is 0 Å². The molecule has 3 heterocycles. The number of aromatic nitrogens is 5. The standard InChI is InChI=1S/C18H18F2N6O3/c1-10-6-24(7-11(2)29-10)15(27)8-25-9-21-17-16(18(25)28)22-23-26(17)14-4-3-12(19)5-13(14)20/h3-5,9-11H,6-8H2,1-2H3/t10-,11+. The minimum absolute atomic E-state index is 0.0119. The van der Waals surface area contributed by atoms with Gasteiger partial charge in [-0.1, -0.05) is 5.21 Å². The summed E-state index contributed by atoms with van der Waals surface area (Å²) in [5.74, 6) is -1.85. The topological polar surface area (TPSA) is 95.1 Å². The molecule has 0 radical (unpaired) electrons. The van der Waals surface area contributed by atoms with Gasteiger partial charge in [0.15, 0.2) is 17.0 Å². The van der Waals surface area contributed by atoms with E-state index < -0.39 is 17.2 Å². The van der Waals surface area contributed by atoms with Crippen LogP contribution in [0.15, 0.2) is 29.3 Å². The van der Waals surface area contributed by atoms with Crippen LogP contribution in [0.25, 0.3) is 16.9 Å². The maximum absolute atomic E-state index is 14.1. The van der Waals surface area contributed by atoms with Gasteiger partial charge in [-0.2, -0.15) is 4.68 Å². The third-order valence-corrected chi connectivity index (χ3v) is 4.65. The van der Waals surface area contributed by atoms with Crippen molar-refractivity contribution in [2.45, 2.75) is 32.6 Å². The summed E-state index contributed by atoms with van der Waals surface area (Å²) >= 11 is 0. The van der Waals surface area contributed by atoms with Gasteiger partial charge in [0, 0.05) is 19.2 Å². The number of carbonyl (C=O) groups is 1. The lowest BCUT2D eigenvalue weighted by molar-refractivity contribution is -0.143. The number of benzene rings is 1. The number of amides is 1. The minimum Gasteiger partial charge on any atom is -0.372 e. The van der Waals surface area contributed by atoms with E-state index in [4.69, 9.17) is 4.74 Å². The quantitative estimate of drug-likeness (QED) is 0.644. The molecular weight excluding hydrogens is 386 g/mol. The average molecular weight is 404 g/mol. The highest BCUT2D eigenvalue weighted by Crippen LogP contribution is 2.17. The van der Waals surface area contributed by atoms with E-state index in [1.165, 1.54) is 12.4 Å². The van der Waals surface area contributed by atoms with Crippen molar-refractivity contribution in [3.05, 3.63) is 46.5 Å². The van der Waals surface area contributed by atoms with Gasteiger partial charge in [-0.15, -0.1) is 5.10 Å². The van der Waals surface area contributed by atoms with Crippen molar-refractivity contribution < 1.29 is 18.3 Å². The van der Waals surface area contributed by atoms with Crippen LogP contribution in [0.1, 0.15) is 13.8 Å². The molecule has 1 saturated heterocycles. The highest BCUT2D eigenvalue weighted by atomic mass is 19.1. The fourth-order valence-corrected chi connectivity index (χ4v) is 3.40. The number of nitrogens with zero attached hydrogens (tertiary/aromatic N) is 6. The second-order valence-electron chi connectivity index (χ2n) is 7.00. The Balaban J connectivity index is 1.64. The summed E-state index contributed by atoms with van der Waals surface area (Å²) in [6.45, 7) is 4.42. The molecule has 0 spiro atoms. The molecule has 0 saturated carbocycles. The monoisotopic (exact) mass is 404 g/mol. The highest BCUT2D eigenvalue weighted by Gasteiger charge is 2.26. The predicted octanol–water partition coefficient (Wildman–Crippen LogP) is 0.891. The third-order valence-electron chi connectivity index (χ3n) is 4.65. The first-order valence-corrected chi connectivity index (χ1v) is 9.03. The summed E-state index contributed by atoms with van der Waals surface area (Å²) in [4.78, 5) is 31.1. The van der Waals surface area contributed by atoms with E-state index in [1.807, 2.05) is 13.8 Å². The fraction of sp³-hybridized carbons (Fsp3) is 0.389. The second kappa shape index (κ2) is 7.32. The summed E-state index contributed by atoms with van der Waals surface area (Å²) in [7, 11) is 0. The second-order valence-corrected chi connectivity index (χ2v) is 7.00. The molecule has 3 aromatic rings. The molecule has 29 heavy (non-hydrogen) atoms. The summed E-state index contributed by atoms with van der Waals surface area (Å²) in [5, 5.41) is 7.54. The first-order chi connectivity index (χ1) is 13.8. The molecule has 1 aliphatic heterocycles. The Labute approximate surface area is 163 Å². The smallest absolute Gasteiger partial charge is 0.284 e. The van der Waals surface area contributed by atoms with Crippen molar-refractivity contribution in [2.75, 3.05) is 13.1 Å². The zero-order chi connectivity index (χ0) is 20.7. The molecule has 1 fully saturated rings. The SMILES string of the molecule is C[C@@H]1CN(C(=O)Cn2cnc3c(nnn3-c3ccc(F)cc3F)c2=O)C[C@H](C)O1. The zero-order valence-corrected chi connectivity index (χ0v) is 15.7. The number of hydrogen-bond donors (Lipinski definition) is 0. The van der Waals surface area contributed by atoms with Gasteiger partial charge >= 0.3 is 0 Å². The average Bonchev–Trinajstić information content (AvgIpc) is 3.08. The summed E-state index contributed by atoms with van der Waals surface area (Å²) < 4.78 is 35.0. The molecule has 1 aliphatic rings. The van der Waals surface area contributed by atoms with Crippen LogP contribution < -0.4 is 5.56 Å². The van der Waals surface area contributed by atoms with Crippen LogP contribution in [0.3, 0.4) is 0 Å². The molecule has 0 N–H and O–H groups in total. The molecule has 152 valence electrons. The van der Waals surface area contributed by atoms with Gasteiger partial charge in [0.2, 0.25) is 5.91 Å². The van der Waals surface area contributed by atoms with E-state index in [-0.39, 0.29) is 41.5 Å². The normalized spacial score (nSPS) is 19.7. The third kappa shape index (κ3) is 3.60. The van der Waals surface area contributed by atoms with Crippen molar-refractivity contribution in [3.8, 4) is 5.69 Å². The number of halogens is 2. The van der Waals surface area contributed by atoms with E-state index in [1.54, 1.807) is 4.90 Å². The molecule has 2 atom stereocenters. The van der Waals surface area contributed by atoms with Crippen LogP contribution >= 0.6 is 0 Å². The largest absolute Gasteiger partial charge is 0.372 e. The van der Waals surface area contributed by atoms with Crippen molar-refractivity contribution in [3.63, 3.8) is 0 Å². The molecule has 9 nitrogen and oxygen atoms in total. The van der Waals surface area contributed by atoms with Crippen LogP contribution in [-0.2, 0) is 16.1 Å². The molecule has 2 aromatic heterocycles. The molecular formula is C18H18F2N6O3. The van der Waals surface area contributed by atoms with Gasteiger partial charge in [0.1, 0.15) is 24.4 Å². The molecule has 0 aliphatic carbocycles. The van der Waals surface area contributed by atoms with E-state index in [0.29, 0.717) is 19.2 Å². The number of fused-ring (bicyclic) bond motifs is 1. The van der Waals surface area contributed by atoms with E-state index in [0.717, 1.165) is 15.3 Å². The number of hydrogen-bond acceptors (Lipinski definition) is 6. The van der Waals surface area contributed by atoms with Crippen LogP contribution in [0.5, 0.6) is 0 Å². The summed E-state index contributed by atoms with van der Waals surface area (Å²) in [6, 6.07) is 2.94. The van der Waals surface area contributed by atoms with Gasteiger partial charge in [0.05, 0.1) is 12.2 Å². The Hall–Kier alpha value is -3.21. The van der Waals surface area contributed by atoms with Crippen molar-refractivity contribution >= 4 is 17.1 Å². The Kier molecular flexibility index (Phi) is 4.82. The van der Waals surface area contributed by atoms with Crippen molar-refractivity contribution in [2.24, 2.45) is 0 Å². The lowest BCUT2D eigenvalue weighted by Crippen LogP contribution is -2.49. The number of ether oxygens (including phenoxy) is 1. The maximum Gasteiger partial charge on any atom is 0.284 e. The van der Waals surface area contributed by atoms with Crippen molar-refractivity contribution in [1.82, 2.24) is 29.4 Å².